The number of non-ortho nitro benzene ring substituents is 2. The van der Waals surface area contributed by atoms with Crippen LogP contribution in [0.4, 0.5) is 21.5 Å². The predicted molar refractivity (Wildman–Crippen MR) is 108 cm³/mol. The van der Waals surface area contributed by atoms with E-state index in [1.165, 1.54) is 30.3 Å². The number of furan rings is 1. The van der Waals surface area contributed by atoms with Crippen LogP contribution in [-0.2, 0) is 0 Å². The van der Waals surface area contributed by atoms with Crippen molar-refractivity contribution in [3.05, 3.63) is 86.4 Å². The SMILES string of the molecule is O=C(NC(=S)Nc1cc([N+](=O)[O-])ccc1F)c1ccc(-c2cccc([N+](=O)[O-])c2)o1. The molecular formula is C18H11FN4O6S. The first-order chi connectivity index (χ1) is 14.2. The van der Waals surface area contributed by atoms with Crippen molar-refractivity contribution >= 4 is 40.3 Å². The normalized spacial score (nSPS) is 10.3. The van der Waals surface area contributed by atoms with Gasteiger partial charge in [-0.25, -0.2) is 4.39 Å². The maximum Gasteiger partial charge on any atom is 0.293 e. The Morgan fingerprint density at radius 3 is 2.40 bits per heavy atom. The summed E-state index contributed by atoms with van der Waals surface area (Å²) < 4.78 is 19.2. The van der Waals surface area contributed by atoms with Gasteiger partial charge < -0.3 is 9.73 Å². The Morgan fingerprint density at radius 2 is 1.70 bits per heavy atom. The van der Waals surface area contributed by atoms with Crippen LogP contribution >= 0.6 is 12.2 Å². The number of thiocarbonyl (C=S) groups is 1. The maximum absolute atomic E-state index is 13.8. The van der Waals surface area contributed by atoms with E-state index in [1.54, 1.807) is 6.07 Å². The molecule has 1 heterocycles. The van der Waals surface area contributed by atoms with Crippen LogP contribution < -0.4 is 10.6 Å². The number of nitro groups is 2. The van der Waals surface area contributed by atoms with E-state index in [0.717, 1.165) is 18.2 Å². The summed E-state index contributed by atoms with van der Waals surface area (Å²) in [5.74, 6) is -1.51. The Balaban J connectivity index is 1.71. The third-order valence-corrected chi connectivity index (χ3v) is 4.01. The summed E-state index contributed by atoms with van der Waals surface area (Å²) >= 11 is 4.93. The van der Waals surface area contributed by atoms with Crippen molar-refractivity contribution in [2.45, 2.75) is 0 Å². The number of carbonyl (C=O) groups is 1. The van der Waals surface area contributed by atoms with Crippen LogP contribution in [0.3, 0.4) is 0 Å². The zero-order chi connectivity index (χ0) is 21.8. The lowest BCUT2D eigenvalue weighted by Gasteiger charge is -2.09. The molecule has 3 rings (SSSR count). The van der Waals surface area contributed by atoms with Gasteiger partial charge in [-0.15, -0.1) is 0 Å². The lowest BCUT2D eigenvalue weighted by Crippen LogP contribution is -2.34. The number of hydrogen-bond acceptors (Lipinski definition) is 7. The van der Waals surface area contributed by atoms with E-state index in [2.05, 4.69) is 10.6 Å². The number of halogens is 1. The molecule has 30 heavy (non-hydrogen) atoms. The largest absolute Gasteiger partial charge is 0.451 e. The highest BCUT2D eigenvalue weighted by Gasteiger charge is 2.17. The minimum absolute atomic E-state index is 0.140. The van der Waals surface area contributed by atoms with Gasteiger partial charge >= 0.3 is 0 Å². The van der Waals surface area contributed by atoms with E-state index in [4.69, 9.17) is 16.6 Å². The van der Waals surface area contributed by atoms with Crippen molar-refractivity contribution in [3.63, 3.8) is 0 Å². The highest BCUT2D eigenvalue weighted by Crippen LogP contribution is 2.26. The third kappa shape index (κ3) is 4.62. The molecule has 2 aromatic carbocycles. The molecule has 3 aromatic rings. The summed E-state index contributed by atoms with van der Waals surface area (Å²) in [6.07, 6.45) is 0. The molecule has 10 nitrogen and oxygen atoms in total. The molecule has 0 aliphatic carbocycles. The second-order valence-corrected chi connectivity index (χ2v) is 6.21. The number of amides is 1. The predicted octanol–water partition coefficient (Wildman–Crippen LogP) is 4.03. The van der Waals surface area contributed by atoms with Crippen molar-refractivity contribution in [1.82, 2.24) is 5.32 Å². The average Bonchev–Trinajstić information content (AvgIpc) is 3.20. The molecule has 0 saturated carbocycles. The minimum Gasteiger partial charge on any atom is -0.451 e. The molecule has 0 spiro atoms. The second kappa shape index (κ2) is 8.45. The van der Waals surface area contributed by atoms with Crippen molar-refractivity contribution in [2.24, 2.45) is 0 Å². The van der Waals surface area contributed by atoms with E-state index in [0.29, 0.717) is 5.56 Å². The topological polar surface area (TPSA) is 141 Å². The summed E-state index contributed by atoms with van der Waals surface area (Å²) in [6, 6.07) is 11.2. The van der Waals surface area contributed by atoms with E-state index in [-0.39, 0.29) is 33.7 Å². The fraction of sp³-hybridized carbons (Fsp3) is 0. The van der Waals surface area contributed by atoms with Crippen molar-refractivity contribution in [3.8, 4) is 11.3 Å². The standard InChI is InChI=1S/C18H11FN4O6S/c19-13-5-4-12(23(27)28)9-14(13)20-18(30)21-17(24)16-7-6-15(29-16)10-2-1-3-11(8-10)22(25)26/h1-9H,(H2,20,21,24,30). The number of hydrogen-bond donors (Lipinski definition) is 2. The van der Waals surface area contributed by atoms with Gasteiger partial charge in [-0.1, -0.05) is 12.1 Å². The van der Waals surface area contributed by atoms with Crippen molar-refractivity contribution in [2.75, 3.05) is 5.32 Å². The number of carbonyl (C=O) groups excluding carboxylic acids is 1. The van der Waals surface area contributed by atoms with Gasteiger partial charge in [0.15, 0.2) is 10.9 Å². The van der Waals surface area contributed by atoms with Crippen molar-refractivity contribution in [1.29, 1.82) is 0 Å². The number of anilines is 1. The Kier molecular flexibility index (Phi) is 5.78. The van der Waals surface area contributed by atoms with Crippen LogP contribution in [0.15, 0.2) is 59.0 Å². The van der Waals surface area contributed by atoms with Crippen molar-refractivity contribution < 1.29 is 23.4 Å². The van der Waals surface area contributed by atoms with E-state index >= 15 is 0 Å². The number of rotatable bonds is 5. The van der Waals surface area contributed by atoms with Gasteiger partial charge in [-0.3, -0.25) is 30.3 Å². The molecule has 0 unspecified atom stereocenters. The lowest BCUT2D eigenvalue weighted by molar-refractivity contribution is -0.385. The van der Waals surface area contributed by atoms with Gasteiger partial charge in [-0.2, -0.15) is 0 Å². The molecule has 0 atom stereocenters. The fourth-order valence-electron chi connectivity index (χ4n) is 2.43. The van der Waals surface area contributed by atoms with Crippen LogP contribution in [0.2, 0.25) is 0 Å². The Morgan fingerprint density at radius 1 is 1.00 bits per heavy atom. The van der Waals surface area contributed by atoms with Gasteiger partial charge in [0.2, 0.25) is 0 Å². The first-order valence-corrected chi connectivity index (χ1v) is 8.56. The molecule has 0 bridgehead atoms. The molecule has 2 N–H and O–H groups in total. The van der Waals surface area contributed by atoms with Crippen LogP contribution in [0.5, 0.6) is 0 Å². The smallest absolute Gasteiger partial charge is 0.293 e. The molecule has 0 aliphatic heterocycles. The molecule has 1 amide bonds. The molecule has 1 aromatic heterocycles. The monoisotopic (exact) mass is 430 g/mol. The average molecular weight is 430 g/mol. The van der Waals surface area contributed by atoms with Gasteiger partial charge in [0.25, 0.3) is 17.3 Å². The Hall–Kier alpha value is -4.19. The number of benzene rings is 2. The summed E-state index contributed by atoms with van der Waals surface area (Å²) in [4.78, 5) is 32.7. The zero-order valence-electron chi connectivity index (χ0n) is 14.8. The van der Waals surface area contributed by atoms with E-state index < -0.39 is 21.6 Å². The molecule has 12 heteroatoms. The van der Waals surface area contributed by atoms with Crippen LogP contribution in [0.25, 0.3) is 11.3 Å². The van der Waals surface area contributed by atoms with Gasteiger partial charge in [0.05, 0.1) is 15.5 Å². The minimum atomic E-state index is -0.803. The molecular weight excluding hydrogens is 419 g/mol. The van der Waals surface area contributed by atoms with Gasteiger partial charge in [0, 0.05) is 29.8 Å². The second-order valence-electron chi connectivity index (χ2n) is 5.80. The number of nitrogens with one attached hydrogen (secondary N) is 2. The molecule has 0 fully saturated rings. The van der Waals surface area contributed by atoms with Gasteiger partial charge in [-0.05, 0) is 30.4 Å². The Bertz CT molecular complexity index is 1180. The molecule has 152 valence electrons. The third-order valence-electron chi connectivity index (χ3n) is 3.81. The Labute approximate surface area is 172 Å². The zero-order valence-corrected chi connectivity index (χ0v) is 15.6. The number of nitrogens with zero attached hydrogens (tertiary/aromatic N) is 2. The highest BCUT2D eigenvalue weighted by atomic mass is 32.1. The summed E-state index contributed by atoms with van der Waals surface area (Å²) in [7, 11) is 0. The van der Waals surface area contributed by atoms with E-state index in [9.17, 15) is 29.4 Å². The van der Waals surface area contributed by atoms with Crippen LogP contribution in [0, 0.1) is 26.0 Å². The molecule has 0 aliphatic rings. The fourth-order valence-corrected chi connectivity index (χ4v) is 2.63. The van der Waals surface area contributed by atoms with Crippen LogP contribution in [0.1, 0.15) is 10.6 Å². The van der Waals surface area contributed by atoms with Gasteiger partial charge in [0.1, 0.15) is 11.6 Å². The molecule has 0 saturated heterocycles. The first kappa shape index (κ1) is 20.5. The highest BCUT2D eigenvalue weighted by molar-refractivity contribution is 7.80. The molecule has 0 radical (unpaired) electrons. The first-order valence-electron chi connectivity index (χ1n) is 8.15. The summed E-state index contributed by atoms with van der Waals surface area (Å²) in [6.45, 7) is 0. The lowest BCUT2D eigenvalue weighted by atomic mass is 10.1. The maximum atomic E-state index is 13.8. The summed E-state index contributed by atoms with van der Waals surface area (Å²) in [5.41, 5.74) is -0.395. The number of nitro benzene ring substituents is 2. The van der Waals surface area contributed by atoms with Crippen LogP contribution in [-0.4, -0.2) is 20.9 Å². The quantitative estimate of drug-likeness (QED) is 0.351. The van der Waals surface area contributed by atoms with E-state index in [1.807, 2.05) is 0 Å². The summed E-state index contributed by atoms with van der Waals surface area (Å²) in [5, 5.41) is 26.0.